The molecule has 2 heterocycles. The Hall–Kier alpha value is -1.23. The van der Waals surface area contributed by atoms with Crippen molar-refractivity contribution in [1.82, 2.24) is 9.36 Å². The highest BCUT2D eigenvalue weighted by molar-refractivity contribution is 7.14. The molecule has 0 saturated heterocycles. The summed E-state index contributed by atoms with van der Waals surface area (Å²) in [5.41, 5.74) is 1.05. The van der Waals surface area contributed by atoms with E-state index in [-0.39, 0.29) is 0 Å². The molecule has 0 unspecified atom stereocenters. The average molecular weight is 279 g/mol. The van der Waals surface area contributed by atoms with Gasteiger partial charge in [0.2, 0.25) is 0 Å². The van der Waals surface area contributed by atoms with Gasteiger partial charge in [-0.25, -0.2) is 4.98 Å². The number of hydrogen-bond acceptors (Lipinski definition) is 4. The van der Waals surface area contributed by atoms with Crippen molar-refractivity contribution in [2.45, 2.75) is 0 Å². The van der Waals surface area contributed by atoms with E-state index in [1.54, 1.807) is 11.3 Å². The van der Waals surface area contributed by atoms with Gasteiger partial charge in [-0.05, 0) is 35.1 Å². The van der Waals surface area contributed by atoms with Crippen LogP contribution in [0.2, 0.25) is 5.02 Å². The minimum absolute atomic E-state index is 0.733. The molecule has 2 nitrogen and oxygen atoms in total. The molecular formula is C12H7ClN2S2. The summed E-state index contributed by atoms with van der Waals surface area (Å²) in [6, 6.07) is 11.7. The molecule has 2 aromatic heterocycles. The highest BCUT2D eigenvalue weighted by Gasteiger charge is 2.08. The van der Waals surface area contributed by atoms with Crippen LogP contribution in [0.15, 0.2) is 41.8 Å². The number of nitrogens with zero attached hydrogens (tertiary/aromatic N) is 2. The largest absolute Gasteiger partial charge is 0.214 e. The Morgan fingerprint density at radius 3 is 2.59 bits per heavy atom. The van der Waals surface area contributed by atoms with Crippen molar-refractivity contribution in [2.75, 3.05) is 0 Å². The van der Waals surface area contributed by atoms with E-state index < -0.39 is 0 Å². The predicted octanol–water partition coefficient (Wildman–Crippen LogP) is 4.59. The fourth-order valence-electron chi connectivity index (χ4n) is 1.44. The van der Waals surface area contributed by atoms with Crippen molar-refractivity contribution in [2.24, 2.45) is 0 Å². The minimum Gasteiger partial charge on any atom is -0.214 e. The minimum atomic E-state index is 0.733. The van der Waals surface area contributed by atoms with E-state index in [2.05, 4.69) is 9.36 Å². The van der Waals surface area contributed by atoms with Gasteiger partial charge in [-0.1, -0.05) is 29.8 Å². The summed E-state index contributed by atoms with van der Waals surface area (Å²) in [4.78, 5) is 5.63. The van der Waals surface area contributed by atoms with Crippen LogP contribution < -0.4 is 0 Å². The molecule has 17 heavy (non-hydrogen) atoms. The summed E-state index contributed by atoms with van der Waals surface area (Å²) >= 11 is 8.91. The van der Waals surface area contributed by atoms with Crippen LogP contribution in [-0.2, 0) is 0 Å². The van der Waals surface area contributed by atoms with Crippen LogP contribution in [-0.4, -0.2) is 9.36 Å². The molecule has 0 amide bonds. The van der Waals surface area contributed by atoms with Gasteiger partial charge in [0.15, 0.2) is 5.82 Å². The molecule has 0 bridgehead atoms. The van der Waals surface area contributed by atoms with Gasteiger partial charge in [0.25, 0.3) is 0 Å². The molecule has 0 spiro atoms. The van der Waals surface area contributed by atoms with Crippen molar-refractivity contribution >= 4 is 34.5 Å². The zero-order valence-corrected chi connectivity index (χ0v) is 11.0. The monoisotopic (exact) mass is 278 g/mol. The third kappa shape index (κ3) is 2.24. The Bertz CT molecular complexity index is 614. The number of rotatable bonds is 2. The summed E-state index contributed by atoms with van der Waals surface area (Å²) in [6.45, 7) is 0. The van der Waals surface area contributed by atoms with Crippen LogP contribution in [0.5, 0.6) is 0 Å². The number of thiophene rings is 1. The first kappa shape index (κ1) is 10.9. The fourth-order valence-corrected chi connectivity index (χ4v) is 2.96. The molecule has 5 heteroatoms. The van der Waals surface area contributed by atoms with Crippen LogP contribution in [0.25, 0.3) is 21.3 Å². The van der Waals surface area contributed by atoms with Gasteiger partial charge in [0, 0.05) is 10.6 Å². The van der Waals surface area contributed by atoms with Gasteiger partial charge in [0.1, 0.15) is 5.01 Å². The molecule has 0 aliphatic carbocycles. The van der Waals surface area contributed by atoms with E-state index in [0.717, 1.165) is 26.3 Å². The molecule has 3 aromatic rings. The molecule has 0 fully saturated rings. The van der Waals surface area contributed by atoms with E-state index in [1.165, 1.54) is 11.5 Å². The van der Waals surface area contributed by atoms with Crippen LogP contribution in [0.4, 0.5) is 0 Å². The first-order chi connectivity index (χ1) is 8.33. The van der Waals surface area contributed by atoms with Gasteiger partial charge >= 0.3 is 0 Å². The number of hydrogen-bond donors (Lipinski definition) is 0. The Morgan fingerprint density at radius 1 is 1.06 bits per heavy atom. The second kappa shape index (κ2) is 4.56. The van der Waals surface area contributed by atoms with E-state index in [9.17, 15) is 0 Å². The summed E-state index contributed by atoms with van der Waals surface area (Å²) < 4.78 is 4.37. The lowest BCUT2D eigenvalue weighted by atomic mass is 10.2. The Balaban J connectivity index is 1.98. The lowest BCUT2D eigenvalue weighted by molar-refractivity contribution is 1.34. The van der Waals surface area contributed by atoms with Crippen molar-refractivity contribution in [1.29, 1.82) is 0 Å². The summed E-state index contributed by atoms with van der Waals surface area (Å²) in [7, 11) is 0. The Kier molecular flexibility index (Phi) is 2.93. The van der Waals surface area contributed by atoms with Gasteiger partial charge in [0.05, 0.1) is 4.88 Å². The highest BCUT2D eigenvalue weighted by Crippen LogP contribution is 2.28. The topological polar surface area (TPSA) is 25.8 Å². The van der Waals surface area contributed by atoms with Crippen molar-refractivity contribution in [3.63, 3.8) is 0 Å². The van der Waals surface area contributed by atoms with Crippen LogP contribution in [0.1, 0.15) is 0 Å². The molecule has 3 rings (SSSR count). The van der Waals surface area contributed by atoms with Crippen LogP contribution >= 0.6 is 34.5 Å². The normalized spacial score (nSPS) is 10.6. The summed E-state index contributed by atoms with van der Waals surface area (Å²) in [6.07, 6.45) is 0. The van der Waals surface area contributed by atoms with Gasteiger partial charge in [-0.2, -0.15) is 4.37 Å². The summed E-state index contributed by atoms with van der Waals surface area (Å²) in [5, 5.41) is 3.68. The lowest BCUT2D eigenvalue weighted by Gasteiger charge is -1.94. The predicted molar refractivity (Wildman–Crippen MR) is 73.7 cm³/mol. The fraction of sp³-hybridized carbons (Fsp3) is 0. The van der Waals surface area contributed by atoms with E-state index in [1.807, 2.05) is 41.8 Å². The first-order valence-electron chi connectivity index (χ1n) is 4.96. The molecule has 0 N–H and O–H groups in total. The molecule has 0 aliphatic rings. The second-order valence-corrected chi connectivity index (χ2v) is 5.54. The van der Waals surface area contributed by atoms with Gasteiger partial charge in [-0.3, -0.25) is 0 Å². The SMILES string of the molecule is Clc1ccc(-c2nc(-c3cccs3)ns2)cc1. The second-order valence-electron chi connectivity index (χ2n) is 3.41. The lowest BCUT2D eigenvalue weighted by Crippen LogP contribution is -1.77. The Labute approximate surface area is 112 Å². The van der Waals surface area contributed by atoms with E-state index in [4.69, 9.17) is 11.6 Å². The standard InChI is InChI=1S/C12H7ClN2S2/c13-9-5-3-8(4-6-9)12-14-11(15-17-12)10-2-1-7-16-10/h1-7H. The number of benzene rings is 1. The van der Waals surface area contributed by atoms with Crippen molar-refractivity contribution in [3.8, 4) is 21.3 Å². The molecule has 0 saturated carbocycles. The average Bonchev–Trinajstić information content (AvgIpc) is 3.00. The molecule has 84 valence electrons. The third-order valence-electron chi connectivity index (χ3n) is 2.26. The van der Waals surface area contributed by atoms with Crippen molar-refractivity contribution in [3.05, 3.63) is 46.8 Å². The molecule has 0 aliphatic heterocycles. The van der Waals surface area contributed by atoms with Crippen LogP contribution in [0, 0.1) is 0 Å². The molecule has 0 atom stereocenters. The maximum atomic E-state index is 5.85. The highest BCUT2D eigenvalue weighted by atomic mass is 35.5. The number of aromatic nitrogens is 2. The zero-order valence-electron chi connectivity index (χ0n) is 8.63. The molecule has 1 aromatic carbocycles. The maximum Gasteiger partial charge on any atom is 0.183 e. The molecular weight excluding hydrogens is 272 g/mol. The van der Waals surface area contributed by atoms with E-state index >= 15 is 0 Å². The van der Waals surface area contributed by atoms with Crippen LogP contribution in [0.3, 0.4) is 0 Å². The molecule has 0 radical (unpaired) electrons. The van der Waals surface area contributed by atoms with Gasteiger partial charge in [-0.15, -0.1) is 11.3 Å². The maximum absolute atomic E-state index is 5.85. The first-order valence-corrected chi connectivity index (χ1v) is 6.99. The zero-order chi connectivity index (χ0) is 11.7. The summed E-state index contributed by atoms with van der Waals surface area (Å²) in [5.74, 6) is 0.801. The smallest absolute Gasteiger partial charge is 0.183 e. The number of halogens is 1. The van der Waals surface area contributed by atoms with Crippen molar-refractivity contribution < 1.29 is 0 Å². The van der Waals surface area contributed by atoms with E-state index in [0.29, 0.717) is 0 Å². The quantitative estimate of drug-likeness (QED) is 0.685. The third-order valence-corrected chi connectivity index (χ3v) is 4.14. The Morgan fingerprint density at radius 2 is 1.88 bits per heavy atom. The van der Waals surface area contributed by atoms with Gasteiger partial charge < -0.3 is 0 Å².